The third-order valence-corrected chi connectivity index (χ3v) is 6.99. The molecule has 182 valence electrons. The molecular weight excluding hydrogens is 446 g/mol. The number of carbonyl (C=O) groups is 4. The molecule has 0 radical (unpaired) electrons. The van der Waals surface area contributed by atoms with Gasteiger partial charge in [0.15, 0.2) is 0 Å². The van der Waals surface area contributed by atoms with Crippen molar-refractivity contribution in [2.24, 2.45) is 0 Å². The van der Waals surface area contributed by atoms with E-state index in [1.54, 1.807) is 12.1 Å². The van der Waals surface area contributed by atoms with Gasteiger partial charge < -0.3 is 14.5 Å². The van der Waals surface area contributed by atoms with Crippen LogP contribution in [0.2, 0.25) is 0 Å². The van der Waals surface area contributed by atoms with E-state index in [4.69, 9.17) is 4.74 Å². The molecule has 1 fully saturated rings. The highest BCUT2D eigenvalue weighted by molar-refractivity contribution is 6.05. The highest BCUT2D eigenvalue weighted by Gasteiger charge is 2.40. The van der Waals surface area contributed by atoms with E-state index in [0.717, 1.165) is 37.1 Å². The number of fused-ring (bicyclic) bond motifs is 2. The number of nitrogens with one attached hydrogen (secondary N) is 1. The highest BCUT2D eigenvalue weighted by atomic mass is 16.5. The number of ether oxygens (including phenoxy) is 1. The normalized spacial score (nSPS) is 19.3. The van der Waals surface area contributed by atoms with E-state index in [2.05, 4.69) is 11.4 Å². The minimum absolute atomic E-state index is 0.142. The van der Waals surface area contributed by atoms with Crippen molar-refractivity contribution in [1.82, 2.24) is 10.2 Å². The van der Waals surface area contributed by atoms with Crippen LogP contribution in [0.4, 0.5) is 5.69 Å². The Morgan fingerprint density at radius 1 is 1.03 bits per heavy atom. The second-order valence-electron chi connectivity index (χ2n) is 9.27. The van der Waals surface area contributed by atoms with Crippen LogP contribution in [0, 0.1) is 0 Å². The number of imide groups is 1. The quantitative estimate of drug-likeness (QED) is 0.491. The Balaban J connectivity index is 1.14. The lowest BCUT2D eigenvalue weighted by Crippen LogP contribution is -2.52. The molecule has 1 N–H and O–H groups in total. The van der Waals surface area contributed by atoms with Crippen molar-refractivity contribution in [2.45, 2.75) is 57.5 Å². The number of hydrogen-bond donors (Lipinski definition) is 1. The smallest absolute Gasteiger partial charge is 0.255 e. The van der Waals surface area contributed by atoms with Gasteiger partial charge in [-0.3, -0.25) is 24.5 Å². The zero-order valence-corrected chi connectivity index (χ0v) is 19.6. The Labute approximate surface area is 204 Å². The van der Waals surface area contributed by atoms with Gasteiger partial charge >= 0.3 is 0 Å². The average Bonchev–Trinajstić information content (AvgIpc) is 3.20. The number of piperidine rings is 1. The topological polar surface area (TPSA) is 96.0 Å². The van der Waals surface area contributed by atoms with Gasteiger partial charge in [0.05, 0.1) is 13.2 Å². The minimum atomic E-state index is -0.647. The van der Waals surface area contributed by atoms with Crippen LogP contribution in [-0.2, 0) is 27.3 Å². The monoisotopic (exact) mass is 475 g/mol. The first-order chi connectivity index (χ1) is 17.0. The number of unbranched alkanes of at least 4 members (excludes halogenated alkanes) is 1. The van der Waals surface area contributed by atoms with E-state index in [9.17, 15) is 19.2 Å². The predicted molar refractivity (Wildman–Crippen MR) is 129 cm³/mol. The average molecular weight is 476 g/mol. The summed E-state index contributed by atoms with van der Waals surface area (Å²) >= 11 is 0. The predicted octanol–water partition coefficient (Wildman–Crippen LogP) is 2.98. The molecule has 3 aliphatic heterocycles. The van der Waals surface area contributed by atoms with Crippen molar-refractivity contribution in [3.05, 3.63) is 59.2 Å². The highest BCUT2D eigenvalue weighted by Crippen LogP contribution is 2.34. The molecule has 0 spiro atoms. The number of anilines is 1. The zero-order chi connectivity index (χ0) is 24.4. The summed E-state index contributed by atoms with van der Waals surface area (Å²) in [5.74, 6) is -0.175. The fraction of sp³-hybridized carbons (Fsp3) is 0.407. The van der Waals surface area contributed by atoms with Gasteiger partial charge in [0.1, 0.15) is 11.8 Å². The van der Waals surface area contributed by atoms with Gasteiger partial charge in [0, 0.05) is 36.2 Å². The Bertz CT molecular complexity index is 1180. The summed E-state index contributed by atoms with van der Waals surface area (Å²) in [4.78, 5) is 52.9. The molecule has 0 aliphatic carbocycles. The SMILES string of the molecule is O=C1CCC(N2Cc3c(OCCCCC(=O)N4CCCc5ccccc54)cccc3C2=O)C(=O)N1. The molecule has 0 saturated carbocycles. The number of para-hydroxylation sites is 1. The van der Waals surface area contributed by atoms with Gasteiger partial charge in [0.25, 0.3) is 5.91 Å². The number of benzene rings is 2. The Morgan fingerprint density at radius 2 is 1.89 bits per heavy atom. The summed E-state index contributed by atoms with van der Waals surface area (Å²) < 4.78 is 6.00. The summed E-state index contributed by atoms with van der Waals surface area (Å²) in [7, 11) is 0. The lowest BCUT2D eigenvalue weighted by Gasteiger charge is -2.29. The molecule has 1 unspecified atom stereocenters. The first kappa shape index (κ1) is 23.1. The number of amides is 4. The van der Waals surface area contributed by atoms with Crippen molar-refractivity contribution >= 4 is 29.3 Å². The molecule has 4 amide bonds. The lowest BCUT2D eigenvalue weighted by atomic mass is 10.0. The number of hydrogen-bond acceptors (Lipinski definition) is 5. The number of rotatable bonds is 7. The zero-order valence-electron chi connectivity index (χ0n) is 19.6. The molecule has 0 bridgehead atoms. The molecule has 8 nitrogen and oxygen atoms in total. The second kappa shape index (κ2) is 9.90. The lowest BCUT2D eigenvalue weighted by molar-refractivity contribution is -0.137. The maximum absolute atomic E-state index is 12.9. The second-order valence-corrected chi connectivity index (χ2v) is 9.27. The minimum Gasteiger partial charge on any atom is -0.493 e. The molecule has 5 rings (SSSR count). The first-order valence-electron chi connectivity index (χ1n) is 12.3. The van der Waals surface area contributed by atoms with Crippen molar-refractivity contribution < 1.29 is 23.9 Å². The Kier molecular flexibility index (Phi) is 6.53. The summed E-state index contributed by atoms with van der Waals surface area (Å²) in [5, 5.41) is 2.32. The summed E-state index contributed by atoms with van der Waals surface area (Å²) in [5.41, 5.74) is 3.56. The van der Waals surface area contributed by atoms with E-state index >= 15 is 0 Å². The fourth-order valence-corrected chi connectivity index (χ4v) is 5.18. The van der Waals surface area contributed by atoms with Crippen LogP contribution >= 0.6 is 0 Å². The van der Waals surface area contributed by atoms with Crippen LogP contribution in [-0.4, -0.2) is 47.7 Å². The maximum Gasteiger partial charge on any atom is 0.255 e. The third-order valence-electron chi connectivity index (χ3n) is 6.99. The van der Waals surface area contributed by atoms with Gasteiger partial charge in [-0.25, -0.2) is 0 Å². The van der Waals surface area contributed by atoms with E-state index in [1.165, 1.54) is 10.5 Å². The van der Waals surface area contributed by atoms with Crippen LogP contribution in [0.1, 0.15) is 60.0 Å². The molecule has 8 heteroatoms. The molecule has 1 saturated heterocycles. The standard InChI is InChI=1S/C27H29N3O5/c31-24-14-13-22(26(33)28-24)30-17-20-19(27(30)34)9-5-11-23(20)35-16-4-3-12-25(32)29-15-6-8-18-7-1-2-10-21(18)29/h1-2,5,7,9-11,22H,3-4,6,8,12-17H2,(H,28,31,33). The molecular formula is C27H29N3O5. The van der Waals surface area contributed by atoms with Crippen LogP contribution in [0.3, 0.4) is 0 Å². The van der Waals surface area contributed by atoms with Crippen LogP contribution in [0.15, 0.2) is 42.5 Å². The van der Waals surface area contributed by atoms with Crippen molar-refractivity contribution in [2.75, 3.05) is 18.1 Å². The number of nitrogens with zero attached hydrogens (tertiary/aromatic N) is 2. The molecule has 2 aromatic rings. The van der Waals surface area contributed by atoms with E-state index in [0.29, 0.717) is 37.2 Å². The third kappa shape index (κ3) is 4.65. The molecule has 3 aliphatic rings. The van der Waals surface area contributed by atoms with Crippen molar-refractivity contribution in [3.8, 4) is 5.75 Å². The van der Waals surface area contributed by atoms with E-state index in [1.807, 2.05) is 29.2 Å². The van der Waals surface area contributed by atoms with Crippen molar-refractivity contribution in [1.29, 1.82) is 0 Å². The molecule has 3 heterocycles. The molecule has 35 heavy (non-hydrogen) atoms. The first-order valence-corrected chi connectivity index (χ1v) is 12.3. The van der Waals surface area contributed by atoms with Gasteiger partial charge in [-0.1, -0.05) is 24.3 Å². The molecule has 2 aromatic carbocycles. The number of aryl methyl sites for hydroxylation is 1. The Morgan fingerprint density at radius 3 is 2.74 bits per heavy atom. The largest absolute Gasteiger partial charge is 0.493 e. The van der Waals surface area contributed by atoms with E-state index < -0.39 is 11.9 Å². The van der Waals surface area contributed by atoms with Gasteiger partial charge in [-0.2, -0.15) is 0 Å². The molecule has 1 atom stereocenters. The fourth-order valence-electron chi connectivity index (χ4n) is 5.18. The van der Waals surface area contributed by atoms with Crippen LogP contribution in [0.25, 0.3) is 0 Å². The summed E-state index contributed by atoms with van der Waals surface area (Å²) in [6.07, 6.45) is 4.45. The van der Waals surface area contributed by atoms with E-state index in [-0.39, 0.29) is 30.7 Å². The summed E-state index contributed by atoms with van der Waals surface area (Å²) in [6.45, 7) is 1.48. The van der Waals surface area contributed by atoms with Gasteiger partial charge in [0.2, 0.25) is 17.7 Å². The van der Waals surface area contributed by atoms with Crippen LogP contribution < -0.4 is 15.0 Å². The maximum atomic E-state index is 12.9. The van der Waals surface area contributed by atoms with Crippen LogP contribution in [0.5, 0.6) is 5.75 Å². The van der Waals surface area contributed by atoms with Gasteiger partial charge in [-0.15, -0.1) is 0 Å². The Hall–Kier alpha value is -3.68. The molecule has 0 aromatic heterocycles. The van der Waals surface area contributed by atoms with Crippen molar-refractivity contribution in [3.63, 3.8) is 0 Å². The summed E-state index contributed by atoms with van der Waals surface area (Å²) in [6, 6.07) is 12.8. The number of carbonyl (C=O) groups excluding carboxylic acids is 4. The van der Waals surface area contributed by atoms with Gasteiger partial charge in [-0.05, 0) is 55.9 Å².